The standard InChI is InChI=1S/C28H27F3N2O.ClH/c29-28(30,31)24-11-7-10-22(20-24)14-15-27(34)33(25-12-5-2-6-13-25)26-16-18-32(19-17-26)21-23-8-3-1-4-9-23;/h1-15,20,26H,16-19,21H2;1H/b15-14+;. The third-order valence-electron chi connectivity index (χ3n) is 6.08. The number of amides is 1. The van der Waals surface area contributed by atoms with Crippen LogP contribution < -0.4 is 4.90 Å². The highest BCUT2D eigenvalue weighted by Crippen LogP contribution is 2.30. The van der Waals surface area contributed by atoms with Crippen LogP contribution in [0.15, 0.2) is 91.0 Å². The number of anilines is 1. The van der Waals surface area contributed by atoms with Crippen LogP contribution >= 0.6 is 12.4 Å². The van der Waals surface area contributed by atoms with Gasteiger partial charge in [0.15, 0.2) is 0 Å². The van der Waals surface area contributed by atoms with E-state index in [0.29, 0.717) is 5.56 Å². The maximum absolute atomic E-state index is 13.3. The number of rotatable bonds is 6. The normalized spacial score (nSPS) is 15.1. The minimum absolute atomic E-state index is 0. The third-order valence-corrected chi connectivity index (χ3v) is 6.08. The number of benzene rings is 3. The van der Waals surface area contributed by atoms with Crippen molar-refractivity contribution < 1.29 is 18.0 Å². The van der Waals surface area contributed by atoms with E-state index in [4.69, 9.17) is 0 Å². The van der Waals surface area contributed by atoms with E-state index in [1.165, 1.54) is 23.8 Å². The number of hydrogen-bond acceptors (Lipinski definition) is 2. The Morgan fingerprint density at radius 1 is 0.914 bits per heavy atom. The summed E-state index contributed by atoms with van der Waals surface area (Å²) < 4.78 is 39.1. The molecule has 3 aromatic rings. The second-order valence-electron chi connectivity index (χ2n) is 8.49. The summed E-state index contributed by atoms with van der Waals surface area (Å²) in [4.78, 5) is 17.4. The van der Waals surface area contributed by atoms with Crippen LogP contribution in [0.3, 0.4) is 0 Å². The Balaban J connectivity index is 0.00000342. The van der Waals surface area contributed by atoms with E-state index >= 15 is 0 Å². The van der Waals surface area contributed by atoms with Crippen LogP contribution in [0.4, 0.5) is 18.9 Å². The van der Waals surface area contributed by atoms with Crippen LogP contribution in [0.5, 0.6) is 0 Å². The highest BCUT2D eigenvalue weighted by molar-refractivity contribution is 6.04. The summed E-state index contributed by atoms with van der Waals surface area (Å²) in [5, 5.41) is 0. The quantitative estimate of drug-likeness (QED) is 0.346. The molecule has 3 nitrogen and oxygen atoms in total. The van der Waals surface area contributed by atoms with E-state index in [1.54, 1.807) is 11.0 Å². The summed E-state index contributed by atoms with van der Waals surface area (Å²) in [5.74, 6) is -0.231. The van der Waals surface area contributed by atoms with Crippen LogP contribution in [-0.2, 0) is 17.5 Å². The smallest absolute Gasteiger partial charge is 0.306 e. The molecule has 184 valence electrons. The van der Waals surface area contributed by atoms with Crippen molar-refractivity contribution in [1.82, 2.24) is 4.90 Å². The number of nitrogens with zero attached hydrogens (tertiary/aromatic N) is 2. The van der Waals surface area contributed by atoms with Gasteiger partial charge in [0.1, 0.15) is 0 Å². The van der Waals surface area contributed by atoms with Gasteiger partial charge in [-0.3, -0.25) is 9.69 Å². The Morgan fingerprint density at radius 3 is 2.17 bits per heavy atom. The third kappa shape index (κ3) is 7.20. The van der Waals surface area contributed by atoms with Crippen molar-refractivity contribution in [3.8, 4) is 0 Å². The Kier molecular flexibility index (Phi) is 9.13. The van der Waals surface area contributed by atoms with Gasteiger partial charge in [-0.1, -0.05) is 60.7 Å². The number of carbonyl (C=O) groups excluding carboxylic acids is 1. The van der Waals surface area contributed by atoms with Gasteiger partial charge in [0, 0.05) is 37.4 Å². The number of halogens is 4. The molecule has 1 saturated heterocycles. The lowest BCUT2D eigenvalue weighted by Crippen LogP contribution is -2.47. The van der Waals surface area contributed by atoms with E-state index < -0.39 is 11.7 Å². The first-order valence-corrected chi connectivity index (χ1v) is 11.4. The maximum atomic E-state index is 13.3. The monoisotopic (exact) mass is 500 g/mol. The Hall–Kier alpha value is -3.09. The van der Waals surface area contributed by atoms with Crippen LogP contribution in [0.25, 0.3) is 6.08 Å². The van der Waals surface area contributed by atoms with Crippen molar-refractivity contribution in [3.05, 3.63) is 108 Å². The minimum atomic E-state index is -4.42. The van der Waals surface area contributed by atoms with Crippen molar-refractivity contribution in [2.45, 2.75) is 31.6 Å². The van der Waals surface area contributed by atoms with Gasteiger partial charge < -0.3 is 4.90 Å². The molecule has 1 aliphatic rings. The molecule has 0 saturated carbocycles. The molecule has 0 unspecified atom stereocenters. The Morgan fingerprint density at radius 2 is 1.54 bits per heavy atom. The van der Waals surface area contributed by atoms with Gasteiger partial charge in [-0.15, -0.1) is 12.4 Å². The molecule has 1 amide bonds. The van der Waals surface area contributed by atoms with E-state index in [2.05, 4.69) is 17.0 Å². The van der Waals surface area contributed by atoms with Crippen molar-refractivity contribution in [1.29, 1.82) is 0 Å². The predicted octanol–water partition coefficient (Wildman–Crippen LogP) is 6.84. The highest BCUT2D eigenvalue weighted by atomic mass is 35.5. The van der Waals surface area contributed by atoms with Crippen molar-refractivity contribution in [3.63, 3.8) is 0 Å². The lowest BCUT2D eigenvalue weighted by atomic mass is 10.0. The van der Waals surface area contributed by atoms with Gasteiger partial charge in [0.05, 0.1) is 5.56 Å². The minimum Gasteiger partial charge on any atom is -0.306 e. The number of likely N-dealkylation sites (tertiary alicyclic amines) is 1. The predicted molar refractivity (Wildman–Crippen MR) is 136 cm³/mol. The first kappa shape index (κ1) is 26.5. The summed E-state index contributed by atoms with van der Waals surface area (Å²) >= 11 is 0. The van der Waals surface area contributed by atoms with Gasteiger partial charge in [-0.05, 0) is 54.3 Å². The van der Waals surface area contributed by atoms with Gasteiger partial charge in [0.25, 0.3) is 5.91 Å². The van der Waals surface area contributed by atoms with Crippen LogP contribution in [0, 0.1) is 0 Å². The molecule has 3 aromatic carbocycles. The summed E-state index contributed by atoms with van der Waals surface area (Å²) in [6.07, 6.45) is 0.0598. The number of alkyl halides is 3. The number of carbonyl (C=O) groups is 1. The van der Waals surface area contributed by atoms with Gasteiger partial charge >= 0.3 is 6.18 Å². The molecule has 35 heavy (non-hydrogen) atoms. The molecular formula is C28H28ClF3N2O. The molecule has 0 aromatic heterocycles. The van der Waals surface area contributed by atoms with Crippen LogP contribution in [-0.4, -0.2) is 29.9 Å². The Bertz CT molecular complexity index is 1110. The summed E-state index contributed by atoms with van der Waals surface area (Å²) in [5.41, 5.74) is 1.67. The van der Waals surface area contributed by atoms with Gasteiger partial charge in [-0.2, -0.15) is 13.2 Å². The number of hydrogen-bond donors (Lipinski definition) is 0. The zero-order valence-corrected chi connectivity index (χ0v) is 20.0. The molecule has 1 heterocycles. The molecule has 0 aliphatic carbocycles. The number of para-hydroxylation sites is 1. The van der Waals surface area contributed by atoms with E-state index in [0.717, 1.165) is 50.3 Å². The Labute approximate surface area is 210 Å². The van der Waals surface area contributed by atoms with Crippen molar-refractivity contribution in [2.75, 3.05) is 18.0 Å². The van der Waals surface area contributed by atoms with E-state index in [-0.39, 0.29) is 24.4 Å². The average molecular weight is 501 g/mol. The van der Waals surface area contributed by atoms with Gasteiger partial charge in [0.2, 0.25) is 0 Å². The second-order valence-corrected chi connectivity index (χ2v) is 8.49. The molecule has 0 bridgehead atoms. The SMILES string of the molecule is Cl.O=C(/C=C/c1cccc(C(F)(F)F)c1)N(c1ccccc1)C1CCN(Cc2ccccc2)CC1. The van der Waals surface area contributed by atoms with Gasteiger partial charge in [-0.25, -0.2) is 0 Å². The van der Waals surface area contributed by atoms with Crippen LogP contribution in [0.1, 0.15) is 29.5 Å². The average Bonchev–Trinajstić information content (AvgIpc) is 2.85. The molecule has 7 heteroatoms. The molecular weight excluding hydrogens is 473 g/mol. The fourth-order valence-electron chi connectivity index (χ4n) is 4.35. The maximum Gasteiger partial charge on any atom is 0.416 e. The van der Waals surface area contributed by atoms with E-state index in [9.17, 15) is 18.0 Å². The first-order chi connectivity index (χ1) is 16.4. The van der Waals surface area contributed by atoms with Crippen molar-refractivity contribution >= 4 is 30.1 Å². The lowest BCUT2D eigenvalue weighted by Gasteiger charge is -2.38. The molecule has 0 spiro atoms. The number of piperidine rings is 1. The second kappa shape index (κ2) is 12.0. The molecule has 4 rings (SSSR count). The molecule has 0 atom stereocenters. The summed E-state index contributed by atoms with van der Waals surface area (Å²) in [6.45, 7) is 2.61. The topological polar surface area (TPSA) is 23.6 Å². The first-order valence-electron chi connectivity index (χ1n) is 11.4. The fraction of sp³-hybridized carbons (Fsp3) is 0.250. The zero-order valence-electron chi connectivity index (χ0n) is 19.2. The zero-order chi connectivity index (χ0) is 24.0. The van der Waals surface area contributed by atoms with Crippen LogP contribution in [0.2, 0.25) is 0 Å². The lowest BCUT2D eigenvalue weighted by molar-refractivity contribution is -0.137. The van der Waals surface area contributed by atoms with Crippen molar-refractivity contribution in [2.24, 2.45) is 0 Å². The van der Waals surface area contributed by atoms with E-state index in [1.807, 2.05) is 48.5 Å². The molecule has 1 aliphatic heterocycles. The molecule has 1 fully saturated rings. The summed E-state index contributed by atoms with van der Waals surface area (Å²) in [7, 11) is 0. The largest absolute Gasteiger partial charge is 0.416 e. The summed E-state index contributed by atoms with van der Waals surface area (Å²) in [6, 6.07) is 24.8. The fourth-order valence-corrected chi connectivity index (χ4v) is 4.35. The molecule has 0 radical (unpaired) electrons. The highest BCUT2D eigenvalue weighted by Gasteiger charge is 2.30. The molecule has 0 N–H and O–H groups in total.